The molecule has 0 radical (unpaired) electrons. The molecule has 3 rings (SSSR count). The van der Waals surface area contributed by atoms with Gasteiger partial charge in [0.25, 0.3) is 5.91 Å². The molecule has 1 aliphatic rings. The van der Waals surface area contributed by atoms with Crippen molar-refractivity contribution in [3.8, 4) is 5.75 Å². The smallest absolute Gasteiger partial charge is 0.253 e. The number of rotatable bonds is 4. The molecule has 1 fully saturated rings. The van der Waals surface area contributed by atoms with Gasteiger partial charge in [-0.15, -0.1) is 0 Å². The van der Waals surface area contributed by atoms with Crippen molar-refractivity contribution >= 4 is 17.5 Å². The third-order valence-electron chi connectivity index (χ3n) is 4.33. The molecular formula is C20H22ClNO2. The van der Waals surface area contributed by atoms with E-state index in [1.807, 2.05) is 53.4 Å². The van der Waals surface area contributed by atoms with E-state index in [9.17, 15) is 4.79 Å². The lowest BCUT2D eigenvalue weighted by atomic mass is 10.2. The highest BCUT2D eigenvalue weighted by molar-refractivity contribution is 6.31. The fraction of sp³-hybridized carbons (Fsp3) is 0.350. The summed E-state index contributed by atoms with van der Waals surface area (Å²) in [5, 5.41) is 0.689. The molecule has 2 aromatic carbocycles. The molecule has 0 unspecified atom stereocenters. The first-order chi connectivity index (χ1) is 11.7. The summed E-state index contributed by atoms with van der Waals surface area (Å²) >= 11 is 6.15. The second-order valence-corrected chi connectivity index (χ2v) is 6.52. The number of hydrogen-bond acceptors (Lipinski definition) is 2. The van der Waals surface area contributed by atoms with E-state index in [0.717, 1.165) is 31.5 Å². The minimum Gasteiger partial charge on any atom is -0.489 e. The van der Waals surface area contributed by atoms with Crippen molar-refractivity contribution in [2.24, 2.45) is 0 Å². The molecule has 0 saturated carbocycles. The van der Waals surface area contributed by atoms with E-state index >= 15 is 0 Å². The third-order valence-corrected chi connectivity index (χ3v) is 4.70. The van der Waals surface area contributed by atoms with Crippen molar-refractivity contribution in [1.82, 2.24) is 4.90 Å². The van der Waals surface area contributed by atoms with Crippen LogP contribution in [0.4, 0.5) is 0 Å². The largest absolute Gasteiger partial charge is 0.489 e. The summed E-state index contributed by atoms with van der Waals surface area (Å²) in [5.74, 6) is 0.788. The maximum Gasteiger partial charge on any atom is 0.253 e. The summed E-state index contributed by atoms with van der Waals surface area (Å²) in [6, 6.07) is 15.0. The summed E-state index contributed by atoms with van der Waals surface area (Å²) in [7, 11) is 0. The van der Waals surface area contributed by atoms with Crippen molar-refractivity contribution in [1.29, 1.82) is 0 Å². The lowest BCUT2D eigenvalue weighted by Crippen LogP contribution is -2.31. The number of carbonyl (C=O) groups excluding carboxylic acids is 1. The Balaban J connectivity index is 1.67. The first kappa shape index (κ1) is 16.8. The van der Waals surface area contributed by atoms with Crippen LogP contribution >= 0.6 is 11.6 Å². The Morgan fingerprint density at radius 2 is 1.75 bits per heavy atom. The fourth-order valence-electron chi connectivity index (χ4n) is 2.95. The molecule has 1 aliphatic heterocycles. The van der Waals surface area contributed by atoms with Crippen LogP contribution in [0.3, 0.4) is 0 Å². The van der Waals surface area contributed by atoms with Crippen LogP contribution < -0.4 is 4.74 Å². The summed E-state index contributed by atoms with van der Waals surface area (Å²) in [6.07, 6.45) is 4.61. The summed E-state index contributed by atoms with van der Waals surface area (Å²) in [6.45, 7) is 2.09. The molecule has 24 heavy (non-hydrogen) atoms. The number of amides is 1. The minimum absolute atomic E-state index is 0.0973. The predicted octanol–water partition coefficient (Wildman–Crippen LogP) is 4.94. The second kappa shape index (κ2) is 8.20. The van der Waals surface area contributed by atoms with Crippen LogP contribution in [0, 0.1) is 0 Å². The molecule has 0 atom stereocenters. The Morgan fingerprint density at radius 3 is 2.50 bits per heavy atom. The molecule has 0 aliphatic carbocycles. The van der Waals surface area contributed by atoms with Gasteiger partial charge in [0.15, 0.2) is 0 Å². The van der Waals surface area contributed by atoms with Crippen LogP contribution in [0.25, 0.3) is 0 Å². The van der Waals surface area contributed by atoms with Crippen LogP contribution in [0.1, 0.15) is 41.6 Å². The highest BCUT2D eigenvalue weighted by Crippen LogP contribution is 2.21. The number of nitrogens with zero attached hydrogens (tertiary/aromatic N) is 1. The van der Waals surface area contributed by atoms with Crippen molar-refractivity contribution < 1.29 is 9.53 Å². The van der Waals surface area contributed by atoms with E-state index in [4.69, 9.17) is 16.3 Å². The second-order valence-electron chi connectivity index (χ2n) is 6.11. The van der Waals surface area contributed by atoms with Gasteiger partial charge in [-0.05, 0) is 37.1 Å². The molecule has 0 bridgehead atoms. The van der Waals surface area contributed by atoms with Crippen molar-refractivity contribution in [2.45, 2.75) is 32.3 Å². The van der Waals surface area contributed by atoms with Gasteiger partial charge in [-0.25, -0.2) is 0 Å². The Labute approximate surface area is 148 Å². The van der Waals surface area contributed by atoms with Gasteiger partial charge in [-0.3, -0.25) is 4.79 Å². The van der Waals surface area contributed by atoms with Crippen molar-refractivity contribution in [3.63, 3.8) is 0 Å². The number of carbonyl (C=O) groups is 1. The molecule has 1 saturated heterocycles. The standard InChI is InChI=1S/C20H22ClNO2/c21-19-11-4-3-8-17(19)15-24-18-10-7-9-16(14-18)20(23)22-12-5-1-2-6-13-22/h3-4,7-11,14H,1-2,5-6,12-13,15H2. The molecule has 1 amide bonds. The minimum atomic E-state index is 0.0973. The maximum absolute atomic E-state index is 12.7. The Hall–Kier alpha value is -2.00. The van der Waals surface area contributed by atoms with Crippen molar-refractivity contribution in [3.05, 3.63) is 64.7 Å². The average Bonchev–Trinajstić information content (AvgIpc) is 2.90. The zero-order valence-electron chi connectivity index (χ0n) is 13.7. The monoisotopic (exact) mass is 343 g/mol. The Morgan fingerprint density at radius 1 is 1.00 bits per heavy atom. The first-order valence-electron chi connectivity index (χ1n) is 8.49. The lowest BCUT2D eigenvalue weighted by Gasteiger charge is -2.20. The van der Waals surface area contributed by atoms with Gasteiger partial charge in [0, 0.05) is 29.2 Å². The molecular weight excluding hydrogens is 322 g/mol. The summed E-state index contributed by atoms with van der Waals surface area (Å²) < 4.78 is 5.82. The van der Waals surface area contributed by atoms with Crippen LogP contribution in [0.2, 0.25) is 5.02 Å². The number of hydrogen-bond donors (Lipinski definition) is 0. The van der Waals surface area contributed by atoms with Gasteiger partial charge in [0.2, 0.25) is 0 Å². The third kappa shape index (κ3) is 4.30. The van der Waals surface area contributed by atoms with E-state index in [1.165, 1.54) is 12.8 Å². The fourth-order valence-corrected chi connectivity index (χ4v) is 3.14. The zero-order valence-corrected chi connectivity index (χ0v) is 14.5. The maximum atomic E-state index is 12.7. The number of benzene rings is 2. The van der Waals surface area contributed by atoms with Crippen LogP contribution in [-0.2, 0) is 6.61 Å². The van der Waals surface area contributed by atoms with Gasteiger partial charge in [-0.1, -0.05) is 48.7 Å². The molecule has 3 nitrogen and oxygen atoms in total. The molecule has 0 N–H and O–H groups in total. The van der Waals surface area contributed by atoms with Gasteiger partial charge in [0.05, 0.1) is 0 Å². The molecule has 126 valence electrons. The SMILES string of the molecule is O=C(c1cccc(OCc2ccccc2Cl)c1)N1CCCCCC1. The van der Waals surface area contributed by atoms with Gasteiger partial charge < -0.3 is 9.64 Å². The number of halogens is 1. The van der Waals surface area contributed by atoms with E-state index in [-0.39, 0.29) is 5.91 Å². The predicted molar refractivity (Wildman–Crippen MR) is 96.6 cm³/mol. The zero-order chi connectivity index (χ0) is 16.8. The lowest BCUT2D eigenvalue weighted by molar-refractivity contribution is 0.0761. The normalized spacial score (nSPS) is 15.0. The van der Waals surface area contributed by atoms with Crippen LogP contribution in [-0.4, -0.2) is 23.9 Å². The van der Waals surface area contributed by atoms with E-state index in [2.05, 4.69) is 0 Å². The Kier molecular flexibility index (Phi) is 5.76. The highest BCUT2D eigenvalue weighted by Gasteiger charge is 2.17. The number of likely N-dealkylation sites (tertiary alicyclic amines) is 1. The van der Waals surface area contributed by atoms with Crippen LogP contribution in [0.15, 0.2) is 48.5 Å². The topological polar surface area (TPSA) is 29.5 Å². The molecule has 2 aromatic rings. The van der Waals surface area contributed by atoms with E-state index in [1.54, 1.807) is 0 Å². The Bertz CT molecular complexity index is 694. The highest BCUT2D eigenvalue weighted by atomic mass is 35.5. The van der Waals surface area contributed by atoms with Crippen molar-refractivity contribution in [2.75, 3.05) is 13.1 Å². The average molecular weight is 344 g/mol. The molecule has 0 spiro atoms. The van der Waals surface area contributed by atoms with Crippen LogP contribution in [0.5, 0.6) is 5.75 Å². The molecule has 1 heterocycles. The van der Waals surface area contributed by atoms with Gasteiger partial charge in [-0.2, -0.15) is 0 Å². The van der Waals surface area contributed by atoms with E-state index < -0.39 is 0 Å². The van der Waals surface area contributed by atoms with Gasteiger partial charge >= 0.3 is 0 Å². The van der Waals surface area contributed by atoms with Gasteiger partial charge in [0.1, 0.15) is 12.4 Å². The van der Waals surface area contributed by atoms with E-state index in [0.29, 0.717) is 22.9 Å². The molecule has 4 heteroatoms. The first-order valence-corrected chi connectivity index (χ1v) is 8.87. The summed E-state index contributed by atoms with van der Waals surface area (Å²) in [5.41, 5.74) is 1.62. The summed E-state index contributed by atoms with van der Waals surface area (Å²) in [4.78, 5) is 14.6. The number of ether oxygens (including phenoxy) is 1. The quantitative estimate of drug-likeness (QED) is 0.787. The molecule has 0 aromatic heterocycles.